The van der Waals surface area contributed by atoms with Gasteiger partial charge in [0.1, 0.15) is 0 Å². The number of benzene rings is 1. The number of hydrogen-bond acceptors (Lipinski definition) is 2. The summed E-state index contributed by atoms with van der Waals surface area (Å²) in [6, 6.07) is 9.87. The Bertz CT molecular complexity index is 539. The molecule has 4 nitrogen and oxygen atoms in total. The second-order valence-corrected chi connectivity index (χ2v) is 4.69. The molecule has 0 aliphatic heterocycles. The second-order valence-electron chi connectivity index (χ2n) is 4.31. The van der Waals surface area contributed by atoms with Gasteiger partial charge in [-0.2, -0.15) is 5.10 Å². The zero-order chi connectivity index (χ0) is 13.7. The van der Waals surface area contributed by atoms with Gasteiger partial charge in [0.25, 0.3) is 5.91 Å². The highest BCUT2D eigenvalue weighted by molar-refractivity contribution is 6.18. The molecule has 0 fully saturated rings. The molecular weight excluding hydrogens is 262 g/mol. The van der Waals surface area contributed by atoms with Crippen molar-refractivity contribution in [1.82, 2.24) is 15.1 Å². The van der Waals surface area contributed by atoms with Crippen LogP contribution in [0.15, 0.2) is 36.5 Å². The van der Waals surface area contributed by atoms with Crippen LogP contribution in [0.3, 0.4) is 0 Å². The van der Waals surface area contributed by atoms with Crippen LogP contribution in [0.5, 0.6) is 0 Å². The summed E-state index contributed by atoms with van der Waals surface area (Å²) in [5.41, 5.74) is 2.46. The average molecular weight is 278 g/mol. The normalized spacial score (nSPS) is 10.4. The molecule has 1 N–H and O–H groups in total. The van der Waals surface area contributed by atoms with E-state index in [9.17, 15) is 4.79 Å². The van der Waals surface area contributed by atoms with Gasteiger partial charge in [-0.25, -0.2) is 0 Å². The Kier molecular flexibility index (Phi) is 4.58. The average Bonchev–Trinajstić information content (AvgIpc) is 2.85. The van der Waals surface area contributed by atoms with Crippen molar-refractivity contribution in [2.24, 2.45) is 0 Å². The summed E-state index contributed by atoms with van der Waals surface area (Å²) in [4.78, 5) is 14.2. The number of nitrogens with one attached hydrogen (secondary N) is 1. The minimum absolute atomic E-state index is 0.0456. The van der Waals surface area contributed by atoms with Crippen molar-refractivity contribution in [1.29, 1.82) is 0 Å². The number of rotatable bonds is 5. The van der Waals surface area contributed by atoms with Gasteiger partial charge in [0, 0.05) is 24.7 Å². The van der Waals surface area contributed by atoms with Crippen molar-refractivity contribution in [3.8, 4) is 0 Å². The Morgan fingerprint density at radius 1 is 1.37 bits per heavy atom. The third-order valence-corrected chi connectivity index (χ3v) is 3.09. The number of aryl methyl sites for hydroxylation is 1. The largest absolute Gasteiger partial charge is 0.333 e. The van der Waals surface area contributed by atoms with Crippen LogP contribution < -0.4 is 0 Å². The fourth-order valence-electron chi connectivity index (χ4n) is 1.89. The first-order valence-corrected chi connectivity index (χ1v) is 6.65. The smallest absolute Gasteiger partial charge is 0.257 e. The van der Waals surface area contributed by atoms with Gasteiger partial charge in [0.15, 0.2) is 0 Å². The van der Waals surface area contributed by atoms with Crippen molar-refractivity contribution >= 4 is 17.5 Å². The summed E-state index contributed by atoms with van der Waals surface area (Å²) in [5.74, 6) is 0.367. The lowest BCUT2D eigenvalue weighted by atomic mass is 10.2. The number of carbonyl (C=O) groups is 1. The lowest BCUT2D eigenvalue weighted by Crippen LogP contribution is -2.32. The maximum absolute atomic E-state index is 12.4. The van der Waals surface area contributed by atoms with Crippen LogP contribution in [0.25, 0.3) is 0 Å². The third-order valence-electron chi connectivity index (χ3n) is 2.92. The summed E-state index contributed by atoms with van der Waals surface area (Å²) in [6.45, 7) is 2.90. The van der Waals surface area contributed by atoms with Crippen LogP contribution in [0.2, 0.25) is 0 Å². The fourth-order valence-corrected chi connectivity index (χ4v) is 2.10. The predicted octanol–water partition coefficient (Wildman–Crippen LogP) is 2.60. The molecule has 0 unspecified atom stereocenters. The maximum atomic E-state index is 12.4. The molecule has 0 aliphatic rings. The van der Waals surface area contributed by atoms with E-state index in [4.69, 9.17) is 11.6 Å². The number of halogens is 1. The van der Waals surface area contributed by atoms with Gasteiger partial charge in [0.2, 0.25) is 0 Å². The van der Waals surface area contributed by atoms with Crippen LogP contribution in [0, 0.1) is 6.92 Å². The number of H-pyrrole nitrogens is 1. The highest BCUT2D eigenvalue weighted by atomic mass is 35.5. The van der Waals surface area contributed by atoms with Gasteiger partial charge < -0.3 is 4.90 Å². The molecule has 5 heteroatoms. The van der Waals surface area contributed by atoms with Gasteiger partial charge in [-0.1, -0.05) is 30.3 Å². The van der Waals surface area contributed by atoms with Crippen molar-refractivity contribution in [2.75, 3.05) is 12.4 Å². The van der Waals surface area contributed by atoms with E-state index in [0.29, 0.717) is 24.5 Å². The molecule has 1 aromatic carbocycles. The lowest BCUT2D eigenvalue weighted by Gasteiger charge is -2.21. The molecule has 100 valence electrons. The summed E-state index contributed by atoms with van der Waals surface area (Å²) < 4.78 is 0. The standard InChI is InChI=1S/C14H16ClN3O/c1-11-13(9-16-17-11)14(19)18(8-7-15)10-12-5-3-2-4-6-12/h2-6,9H,7-8,10H2,1H3,(H,16,17). The quantitative estimate of drug-likeness (QED) is 0.854. The SMILES string of the molecule is Cc1[nH]ncc1C(=O)N(CCCl)Cc1ccccc1. The van der Waals surface area contributed by atoms with Gasteiger partial charge in [0.05, 0.1) is 11.8 Å². The van der Waals surface area contributed by atoms with Crippen molar-refractivity contribution in [2.45, 2.75) is 13.5 Å². The topological polar surface area (TPSA) is 49.0 Å². The Morgan fingerprint density at radius 2 is 2.11 bits per heavy atom. The zero-order valence-electron chi connectivity index (χ0n) is 10.8. The number of alkyl halides is 1. The summed E-state index contributed by atoms with van der Waals surface area (Å²) in [7, 11) is 0. The van der Waals surface area contributed by atoms with E-state index in [1.165, 1.54) is 0 Å². The zero-order valence-corrected chi connectivity index (χ0v) is 11.5. The highest BCUT2D eigenvalue weighted by Gasteiger charge is 2.18. The maximum Gasteiger partial charge on any atom is 0.257 e. The first-order chi connectivity index (χ1) is 9.22. The van der Waals surface area contributed by atoms with E-state index in [-0.39, 0.29) is 5.91 Å². The Labute approximate surface area is 117 Å². The molecule has 1 heterocycles. The Hall–Kier alpha value is -1.81. The molecule has 0 saturated heterocycles. The second kappa shape index (κ2) is 6.38. The monoisotopic (exact) mass is 277 g/mol. The van der Waals surface area contributed by atoms with E-state index < -0.39 is 0 Å². The minimum Gasteiger partial charge on any atom is -0.333 e. The number of hydrogen-bond donors (Lipinski definition) is 1. The Morgan fingerprint density at radius 3 is 2.68 bits per heavy atom. The van der Waals surface area contributed by atoms with E-state index >= 15 is 0 Å². The fraction of sp³-hybridized carbons (Fsp3) is 0.286. The molecule has 0 radical (unpaired) electrons. The van der Waals surface area contributed by atoms with Gasteiger partial charge in [-0.3, -0.25) is 9.89 Å². The summed E-state index contributed by atoms with van der Waals surface area (Å²) >= 11 is 5.79. The van der Waals surface area contributed by atoms with E-state index in [0.717, 1.165) is 11.3 Å². The Balaban J connectivity index is 2.16. The summed E-state index contributed by atoms with van der Waals surface area (Å²) in [5, 5.41) is 6.67. The van der Waals surface area contributed by atoms with Crippen LogP contribution >= 0.6 is 11.6 Å². The van der Waals surface area contributed by atoms with Crippen LogP contribution in [0.1, 0.15) is 21.6 Å². The van der Waals surface area contributed by atoms with Crippen LogP contribution in [0.4, 0.5) is 0 Å². The number of nitrogens with zero attached hydrogens (tertiary/aromatic N) is 2. The molecule has 2 rings (SSSR count). The molecule has 0 atom stereocenters. The molecule has 1 amide bonds. The molecule has 0 spiro atoms. The number of aromatic amines is 1. The van der Waals surface area contributed by atoms with Crippen molar-refractivity contribution < 1.29 is 4.79 Å². The van der Waals surface area contributed by atoms with Gasteiger partial charge >= 0.3 is 0 Å². The van der Waals surface area contributed by atoms with E-state index in [2.05, 4.69) is 10.2 Å². The molecule has 0 aliphatic carbocycles. The molecular formula is C14H16ClN3O. The number of aromatic nitrogens is 2. The molecule has 1 aromatic heterocycles. The third kappa shape index (κ3) is 3.35. The van der Waals surface area contributed by atoms with Crippen molar-refractivity contribution in [3.63, 3.8) is 0 Å². The minimum atomic E-state index is -0.0456. The first kappa shape index (κ1) is 13.6. The number of carbonyl (C=O) groups excluding carboxylic acids is 1. The highest BCUT2D eigenvalue weighted by Crippen LogP contribution is 2.11. The van der Waals surface area contributed by atoms with Crippen LogP contribution in [-0.2, 0) is 6.54 Å². The van der Waals surface area contributed by atoms with Crippen molar-refractivity contribution in [3.05, 3.63) is 53.3 Å². The molecule has 0 bridgehead atoms. The molecule has 19 heavy (non-hydrogen) atoms. The number of amides is 1. The first-order valence-electron chi connectivity index (χ1n) is 6.11. The predicted molar refractivity (Wildman–Crippen MR) is 75.2 cm³/mol. The molecule has 2 aromatic rings. The van der Waals surface area contributed by atoms with Crippen LogP contribution in [-0.4, -0.2) is 33.4 Å². The van der Waals surface area contributed by atoms with Gasteiger partial charge in [-0.05, 0) is 12.5 Å². The van der Waals surface area contributed by atoms with Gasteiger partial charge in [-0.15, -0.1) is 11.6 Å². The molecule has 0 saturated carbocycles. The summed E-state index contributed by atoms with van der Waals surface area (Å²) in [6.07, 6.45) is 1.56. The lowest BCUT2D eigenvalue weighted by molar-refractivity contribution is 0.0753. The van der Waals surface area contributed by atoms with E-state index in [1.54, 1.807) is 11.1 Å². The van der Waals surface area contributed by atoms with E-state index in [1.807, 2.05) is 37.3 Å².